The quantitative estimate of drug-likeness (QED) is 0.768. The first-order valence-corrected chi connectivity index (χ1v) is 8.21. The van der Waals surface area contributed by atoms with Gasteiger partial charge in [-0.2, -0.15) is 0 Å². The zero-order valence-corrected chi connectivity index (χ0v) is 13.6. The molecule has 0 N–H and O–H groups in total. The molecule has 122 valence electrons. The lowest BCUT2D eigenvalue weighted by molar-refractivity contribution is -0.136. The molecule has 2 amide bonds. The van der Waals surface area contributed by atoms with Crippen molar-refractivity contribution in [2.45, 2.75) is 38.7 Å². The van der Waals surface area contributed by atoms with Gasteiger partial charge in [-0.15, -0.1) is 0 Å². The van der Waals surface area contributed by atoms with E-state index in [1.807, 2.05) is 4.90 Å². The fourth-order valence-electron chi connectivity index (χ4n) is 3.71. The van der Waals surface area contributed by atoms with E-state index in [1.54, 1.807) is 14.1 Å². The van der Waals surface area contributed by atoms with Crippen LogP contribution in [0.1, 0.15) is 32.6 Å². The van der Waals surface area contributed by atoms with Gasteiger partial charge in [-0.1, -0.05) is 12.1 Å². The molecule has 0 aromatic heterocycles. The lowest BCUT2D eigenvalue weighted by atomic mass is 9.82. The fourth-order valence-corrected chi connectivity index (χ4v) is 3.71. The minimum Gasteiger partial charge on any atom is -0.389 e. The Hall–Kier alpha value is -1.59. The van der Waals surface area contributed by atoms with Crippen molar-refractivity contribution in [1.29, 1.82) is 0 Å². The van der Waals surface area contributed by atoms with Gasteiger partial charge in [-0.05, 0) is 31.6 Å². The van der Waals surface area contributed by atoms with E-state index in [0.717, 1.165) is 31.6 Å². The van der Waals surface area contributed by atoms with Gasteiger partial charge >= 0.3 is 0 Å². The second-order valence-corrected chi connectivity index (χ2v) is 7.13. The average molecular weight is 307 g/mol. The highest BCUT2D eigenvalue weighted by Gasteiger charge is 2.47. The standard InChI is InChI=1S/C16H25N3O3/c1-10-4-6-11(7-5-10)15(20)19-8-12-13(9-19)22-17-14(12)16(21)18(2)3/h10-13H,4-9H2,1-3H3/t10?,11?,12-,13+/m0/s1. The molecule has 0 radical (unpaired) electrons. The van der Waals surface area contributed by atoms with Crippen LogP contribution in [-0.2, 0) is 14.4 Å². The third kappa shape index (κ3) is 2.71. The number of oxime groups is 1. The summed E-state index contributed by atoms with van der Waals surface area (Å²) in [6, 6.07) is 0. The number of amides is 2. The Morgan fingerprint density at radius 3 is 2.50 bits per heavy atom. The van der Waals surface area contributed by atoms with Crippen molar-refractivity contribution in [2.75, 3.05) is 27.2 Å². The molecule has 0 aromatic carbocycles. The van der Waals surface area contributed by atoms with Crippen LogP contribution in [0.25, 0.3) is 0 Å². The fraction of sp³-hybridized carbons (Fsp3) is 0.812. The van der Waals surface area contributed by atoms with Gasteiger partial charge in [0.05, 0.1) is 12.5 Å². The highest BCUT2D eigenvalue weighted by molar-refractivity contribution is 6.40. The zero-order chi connectivity index (χ0) is 15.9. The summed E-state index contributed by atoms with van der Waals surface area (Å²) in [5.41, 5.74) is 0.461. The number of nitrogens with zero attached hydrogens (tertiary/aromatic N) is 3. The molecule has 2 atom stereocenters. The van der Waals surface area contributed by atoms with Crippen molar-refractivity contribution >= 4 is 17.5 Å². The van der Waals surface area contributed by atoms with Crippen molar-refractivity contribution in [3.05, 3.63) is 0 Å². The van der Waals surface area contributed by atoms with Crippen molar-refractivity contribution in [3.63, 3.8) is 0 Å². The summed E-state index contributed by atoms with van der Waals surface area (Å²) >= 11 is 0. The van der Waals surface area contributed by atoms with Gasteiger partial charge in [-0.25, -0.2) is 0 Å². The van der Waals surface area contributed by atoms with Crippen LogP contribution >= 0.6 is 0 Å². The first-order valence-electron chi connectivity index (χ1n) is 8.21. The molecular weight excluding hydrogens is 282 g/mol. The number of likely N-dealkylation sites (tertiary alicyclic amines) is 1. The summed E-state index contributed by atoms with van der Waals surface area (Å²) in [6.45, 7) is 3.38. The topological polar surface area (TPSA) is 62.2 Å². The maximum Gasteiger partial charge on any atom is 0.271 e. The average Bonchev–Trinajstić information content (AvgIpc) is 3.06. The Balaban J connectivity index is 1.62. The molecule has 6 heteroatoms. The first-order chi connectivity index (χ1) is 10.5. The smallest absolute Gasteiger partial charge is 0.271 e. The molecule has 2 aliphatic heterocycles. The molecule has 3 rings (SSSR count). The minimum absolute atomic E-state index is 0.0682. The number of hydrogen-bond acceptors (Lipinski definition) is 4. The highest BCUT2D eigenvalue weighted by atomic mass is 16.6. The van der Waals surface area contributed by atoms with Gasteiger partial charge < -0.3 is 14.6 Å². The van der Waals surface area contributed by atoms with E-state index in [2.05, 4.69) is 12.1 Å². The Morgan fingerprint density at radius 1 is 1.18 bits per heavy atom. The van der Waals surface area contributed by atoms with Gasteiger partial charge in [0, 0.05) is 26.6 Å². The predicted octanol–water partition coefficient (Wildman–Crippen LogP) is 1.11. The number of carbonyl (C=O) groups is 2. The van der Waals surface area contributed by atoms with Crippen LogP contribution in [0.2, 0.25) is 0 Å². The van der Waals surface area contributed by atoms with Gasteiger partial charge in [0.25, 0.3) is 5.91 Å². The summed E-state index contributed by atoms with van der Waals surface area (Å²) in [5.74, 6) is 0.943. The third-order valence-electron chi connectivity index (χ3n) is 5.21. The molecule has 0 spiro atoms. The number of fused-ring (bicyclic) bond motifs is 1. The van der Waals surface area contributed by atoms with Gasteiger partial charge in [-0.3, -0.25) is 9.59 Å². The molecule has 1 aliphatic carbocycles. The lowest BCUT2D eigenvalue weighted by Gasteiger charge is -2.29. The molecule has 0 aromatic rings. The van der Waals surface area contributed by atoms with Crippen LogP contribution in [0.15, 0.2) is 5.16 Å². The summed E-state index contributed by atoms with van der Waals surface area (Å²) in [5, 5.41) is 3.95. The molecule has 0 bridgehead atoms. The normalized spacial score (nSPS) is 34.0. The lowest BCUT2D eigenvalue weighted by Crippen LogP contribution is -2.38. The van der Waals surface area contributed by atoms with E-state index in [4.69, 9.17) is 4.84 Å². The summed E-state index contributed by atoms with van der Waals surface area (Å²) in [4.78, 5) is 33.6. The van der Waals surface area contributed by atoms with Crippen molar-refractivity contribution in [3.8, 4) is 0 Å². The molecule has 6 nitrogen and oxygen atoms in total. The Morgan fingerprint density at radius 2 is 1.86 bits per heavy atom. The first kappa shape index (κ1) is 15.3. The van der Waals surface area contributed by atoms with E-state index < -0.39 is 0 Å². The molecule has 3 aliphatic rings. The maximum absolute atomic E-state index is 12.7. The molecule has 1 saturated carbocycles. The minimum atomic E-state index is -0.148. The van der Waals surface area contributed by atoms with E-state index in [9.17, 15) is 9.59 Å². The molecule has 2 heterocycles. The summed E-state index contributed by atoms with van der Waals surface area (Å²) in [7, 11) is 3.42. The van der Waals surface area contributed by atoms with Crippen LogP contribution < -0.4 is 0 Å². The SMILES string of the molecule is CC1CCC(C(=O)N2C[C@@H]3C(C(=O)N(C)C)=NO[C@@H]3C2)CC1. The number of rotatable bonds is 2. The van der Waals surface area contributed by atoms with Crippen molar-refractivity contribution < 1.29 is 14.4 Å². The molecule has 0 unspecified atom stereocenters. The Bertz CT molecular complexity index is 495. The molecule has 22 heavy (non-hydrogen) atoms. The van der Waals surface area contributed by atoms with Gasteiger partial charge in [0.1, 0.15) is 0 Å². The van der Waals surface area contributed by atoms with Crippen molar-refractivity contribution in [1.82, 2.24) is 9.80 Å². The van der Waals surface area contributed by atoms with Crippen molar-refractivity contribution in [2.24, 2.45) is 22.9 Å². The van der Waals surface area contributed by atoms with E-state index >= 15 is 0 Å². The number of carbonyl (C=O) groups excluding carboxylic acids is 2. The van der Waals surface area contributed by atoms with Gasteiger partial charge in [0.15, 0.2) is 11.8 Å². The molecular formula is C16H25N3O3. The second-order valence-electron chi connectivity index (χ2n) is 7.13. The highest BCUT2D eigenvalue weighted by Crippen LogP contribution is 2.33. The predicted molar refractivity (Wildman–Crippen MR) is 82.2 cm³/mol. The zero-order valence-electron chi connectivity index (χ0n) is 13.6. The monoisotopic (exact) mass is 307 g/mol. The van der Waals surface area contributed by atoms with Crippen LogP contribution in [0, 0.1) is 17.8 Å². The van der Waals surface area contributed by atoms with E-state index in [0.29, 0.717) is 18.8 Å². The van der Waals surface area contributed by atoms with Crippen LogP contribution in [0.3, 0.4) is 0 Å². The third-order valence-corrected chi connectivity index (χ3v) is 5.21. The van der Waals surface area contributed by atoms with Gasteiger partial charge in [0.2, 0.25) is 5.91 Å². The second kappa shape index (κ2) is 5.89. The van der Waals surface area contributed by atoms with Crippen LogP contribution in [-0.4, -0.2) is 60.6 Å². The molecule has 2 fully saturated rings. The Labute approximate surface area is 131 Å². The Kier molecular flexibility index (Phi) is 4.10. The van der Waals surface area contributed by atoms with E-state index in [1.165, 1.54) is 4.90 Å². The summed E-state index contributed by atoms with van der Waals surface area (Å²) < 4.78 is 0. The van der Waals surface area contributed by atoms with E-state index in [-0.39, 0.29) is 29.8 Å². The van der Waals surface area contributed by atoms with Crippen LogP contribution in [0.4, 0.5) is 0 Å². The van der Waals surface area contributed by atoms with Crippen LogP contribution in [0.5, 0.6) is 0 Å². The number of hydrogen-bond donors (Lipinski definition) is 0. The largest absolute Gasteiger partial charge is 0.389 e. The maximum atomic E-state index is 12.7. The molecule has 1 saturated heterocycles. The summed E-state index contributed by atoms with van der Waals surface area (Å²) in [6.07, 6.45) is 4.11.